The molecule has 9 heteroatoms. The fraction of sp³-hybridized carbons (Fsp3) is 0. The molecule has 0 fully saturated rings. The second kappa shape index (κ2) is 17.7. The van der Waals surface area contributed by atoms with Crippen LogP contribution in [0.5, 0.6) is 0 Å². The SMILES string of the molecule is N#Cc1ccc(-c2cc(-c3cc(C#N)c(-c4ccc(-n5c6ccc(-n7c8ccccc8c8ccccc87)cc6c6cc(-n7c8ccccc8c8ccccc87)ccc65)cc4)cc3C#N)nc(-c3ccc(C#N)cc3)n2)cc1. The van der Waals surface area contributed by atoms with Crippen LogP contribution in [0.15, 0.2) is 224 Å². The van der Waals surface area contributed by atoms with Gasteiger partial charge in [-0.2, -0.15) is 21.0 Å². The van der Waals surface area contributed by atoms with Gasteiger partial charge in [-0.15, -0.1) is 0 Å². The summed E-state index contributed by atoms with van der Waals surface area (Å²) in [4.78, 5) is 9.83. The lowest BCUT2D eigenvalue weighted by molar-refractivity contribution is 1.16. The van der Waals surface area contributed by atoms with Crippen LogP contribution in [0.2, 0.25) is 0 Å². The van der Waals surface area contributed by atoms with Crippen LogP contribution >= 0.6 is 0 Å². The molecule has 0 saturated heterocycles. The molecule has 0 amide bonds. The minimum atomic E-state index is 0.332. The van der Waals surface area contributed by atoms with E-state index in [1.54, 1.807) is 54.6 Å². The van der Waals surface area contributed by atoms with Crippen molar-refractivity contribution >= 4 is 65.4 Å². The average molecular weight is 980 g/mol. The lowest BCUT2D eigenvalue weighted by Gasteiger charge is -2.14. The number of hydrogen-bond donors (Lipinski definition) is 0. The number of aromatic nitrogens is 5. The summed E-state index contributed by atoms with van der Waals surface area (Å²) in [5.74, 6) is 0.379. The van der Waals surface area contributed by atoms with Gasteiger partial charge in [-0.1, -0.05) is 97.1 Å². The van der Waals surface area contributed by atoms with Gasteiger partial charge in [0, 0.05) is 71.6 Å². The largest absolute Gasteiger partial charge is 0.309 e. The maximum atomic E-state index is 10.8. The molecule has 0 aliphatic carbocycles. The van der Waals surface area contributed by atoms with E-state index in [0.29, 0.717) is 56.2 Å². The first-order chi connectivity index (χ1) is 38.0. The molecule has 10 aromatic carbocycles. The maximum Gasteiger partial charge on any atom is 0.160 e. The Morgan fingerprint density at radius 3 is 1.13 bits per heavy atom. The number of benzene rings is 10. The summed E-state index contributed by atoms with van der Waals surface area (Å²) in [5.41, 5.74) is 15.7. The van der Waals surface area contributed by atoms with Crippen LogP contribution < -0.4 is 0 Å². The monoisotopic (exact) mass is 979 g/mol. The molecule has 0 radical (unpaired) electrons. The number of rotatable bonds is 7. The minimum Gasteiger partial charge on any atom is -0.309 e. The number of para-hydroxylation sites is 4. The molecule has 0 unspecified atom stereocenters. The van der Waals surface area contributed by atoms with Gasteiger partial charge in [0.05, 0.1) is 91.0 Å². The summed E-state index contributed by atoms with van der Waals surface area (Å²) in [6.45, 7) is 0. The Balaban J connectivity index is 0.914. The van der Waals surface area contributed by atoms with Crippen molar-refractivity contribution in [3.05, 3.63) is 247 Å². The van der Waals surface area contributed by atoms with E-state index < -0.39 is 0 Å². The van der Waals surface area contributed by atoms with E-state index in [1.165, 1.54) is 21.5 Å². The van der Waals surface area contributed by atoms with Gasteiger partial charge in [0.15, 0.2) is 5.82 Å². The second-order valence-electron chi connectivity index (χ2n) is 19.0. The van der Waals surface area contributed by atoms with Crippen LogP contribution in [0.3, 0.4) is 0 Å². The molecule has 0 bridgehead atoms. The molecule has 9 nitrogen and oxygen atoms in total. The van der Waals surface area contributed by atoms with E-state index in [9.17, 15) is 21.0 Å². The molecule has 0 saturated carbocycles. The quantitative estimate of drug-likeness (QED) is 0.156. The fourth-order valence-corrected chi connectivity index (χ4v) is 11.3. The van der Waals surface area contributed by atoms with Crippen LogP contribution in [-0.4, -0.2) is 23.7 Å². The zero-order chi connectivity index (χ0) is 51.7. The van der Waals surface area contributed by atoms with Crippen molar-refractivity contribution in [2.75, 3.05) is 0 Å². The summed E-state index contributed by atoms with van der Waals surface area (Å²) in [5, 5.41) is 47.6. The van der Waals surface area contributed by atoms with Gasteiger partial charge in [0.1, 0.15) is 0 Å². The van der Waals surface area contributed by atoms with Crippen molar-refractivity contribution in [2.24, 2.45) is 0 Å². The van der Waals surface area contributed by atoms with Gasteiger partial charge in [-0.05, 0) is 133 Å². The number of nitriles is 4. The van der Waals surface area contributed by atoms with E-state index >= 15 is 0 Å². The van der Waals surface area contributed by atoms with Gasteiger partial charge in [-0.3, -0.25) is 0 Å². The van der Waals surface area contributed by atoms with Crippen LogP contribution in [0.1, 0.15) is 22.3 Å². The van der Waals surface area contributed by atoms with E-state index in [1.807, 2.05) is 24.3 Å². The Hall–Kier alpha value is -11.4. The molecule has 0 atom stereocenters. The predicted molar refractivity (Wildman–Crippen MR) is 306 cm³/mol. The molecule has 14 rings (SSSR count). The Morgan fingerprint density at radius 1 is 0.286 bits per heavy atom. The van der Waals surface area contributed by atoms with E-state index in [2.05, 4.69) is 184 Å². The molecular formula is C68H37N9. The van der Waals surface area contributed by atoms with E-state index in [4.69, 9.17) is 9.97 Å². The first-order valence-corrected chi connectivity index (χ1v) is 25.0. The number of fused-ring (bicyclic) bond motifs is 9. The predicted octanol–water partition coefficient (Wildman–Crippen LogP) is 15.9. The highest BCUT2D eigenvalue weighted by molar-refractivity contribution is 6.14. The lowest BCUT2D eigenvalue weighted by atomic mass is 9.92. The number of hydrogen-bond acceptors (Lipinski definition) is 6. The van der Waals surface area contributed by atoms with Crippen molar-refractivity contribution < 1.29 is 0 Å². The Bertz CT molecular complexity index is 4600. The highest BCUT2D eigenvalue weighted by Crippen LogP contribution is 2.41. The van der Waals surface area contributed by atoms with Crippen LogP contribution in [0.4, 0.5) is 0 Å². The van der Waals surface area contributed by atoms with Crippen molar-refractivity contribution in [1.82, 2.24) is 23.7 Å². The molecule has 4 aromatic heterocycles. The molecular weight excluding hydrogens is 943 g/mol. The van der Waals surface area contributed by atoms with Crippen molar-refractivity contribution in [3.63, 3.8) is 0 Å². The van der Waals surface area contributed by atoms with Crippen molar-refractivity contribution in [1.29, 1.82) is 21.0 Å². The van der Waals surface area contributed by atoms with Crippen molar-refractivity contribution in [3.8, 4) is 86.4 Å². The van der Waals surface area contributed by atoms with Gasteiger partial charge in [0.25, 0.3) is 0 Å². The molecule has 0 aliphatic rings. The first-order valence-electron chi connectivity index (χ1n) is 25.0. The molecule has 0 spiro atoms. The summed E-state index contributed by atoms with van der Waals surface area (Å²) >= 11 is 0. The van der Waals surface area contributed by atoms with E-state index in [-0.39, 0.29) is 0 Å². The zero-order valence-electron chi connectivity index (χ0n) is 40.9. The molecule has 0 N–H and O–H groups in total. The Morgan fingerprint density at radius 2 is 0.662 bits per heavy atom. The normalized spacial score (nSPS) is 11.3. The average Bonchev–Trinajstić information content (AvgIpc) is 4.29. The summed E-state index contributed by atoms with van der Waals surface area (Å²) in [6.07, 6.45) is 0. The smallest absolute Gasteiger partial charge is 0.160 e. The maximum absolute atomic E-state index is 10.8. The van der Waals surface area contributed by atoms with Crippen LogP contribution in [0, 0.1) is 45.3 Å². The fourth-order valence-electron chi connectivity index (χ4n) is 11.3. The zero-order valence-corrected chi connectivity index (χ0v) is 40.9. The Labute approximate surface area is 441 Å². The van der Waals surface area contributed by atoms with Gasteiger partial charge in [0.2, 0.25) is 0 Å². The van der Waals surface area contributed by atoms with E-state index in [0.717, 1.165) is 72.1 Å². The molecule has 0 aliphatic heterocycles. The topological polar surface area (TPSA) is 136 Å². The molecule has 14 aromatic rings. The standard InChI is InChI=1S/C68H37N9/c69-38-42-17-21-45(22-18-42)60-37-61(74-68(73-60)46-23-19-43(39-70)20-24-46)57-34-47(40-71)56(33-48(57)41-72)44-25-27-49(28-26-44)75-66-31-29-50(76-62-13-5-1-9-52(62)53-10-2-6-14-63(53)76)35-58(66)59-36-51(30-32-67(59)75)77-64-15-7-3-11-54(64)55-12-4-8-16-65(55)77/h1-37H. The van der Waals surface area contributed by atoms with Gasteiger partial charge in [-0.25, -0.2) is 9.97 Å². The Kier molecular flexibility index (Phi) is 10.2. The minimum absolute atomic E-state index is 0.332. The molecule has 4 heterocycles. The highest BCUT2D eigenvalue weighted by Gasteiger charge is 2.21. The second-order valence-corrected chi connectivity index (χ2v) is 19.0. The molecule has 354 valence electrons. The third kappa shape index (κ3) is 7.13. The van der Waals surface area contributed by atoms with Gasteiger partial charge < -0.3 is 13.7 Å². The van der Waals surface area contributed by atoms with Crippen LogP contribution in [-0.2, 0) is 0 Å². The molecule has 77 heavy (non-hydrogen) atoms. The van der Waals surface area contributed by atoms with Crippen LogP contribution in [0.25, 0.3) is 128 Å². The summed E-state index contributed by atoms with van der Waals surface area (Å²) < 4.78 is 7.03. The van der Waals surface area contributed by atoms with Crippen molar-refractivity contribution in [2.45, 2.75) is 0 Å². The summed E-state index contributed by atoms with van der Waals surface area (Å²) in [7, 11) is 0. The summed E-state index contributed by atoms with van der Waals surface area (Å²) in [6, 6.07) is 84.5. The number of nitrogens with zero attached hydrogens (tertiary/aromatic N) is 9. The van der Waals surface area contributed by atoms with Gasteiger partial charge >= 0.3 is 0 Å². The first kappa shape index (κ1) is 44.3. The third-order valence-corrected chi connectivity index (χ3v) is 14.8. The lowest BCUT2D eigenvalue weighted by Crippen LogP contribution is -1.99. The third-order valence-electron chi connectivity index (χ3n) is 14.8. The highest BCUT2D eigenvalue weighted by atomic mass is 15.0.